The average Bonchev–Trinajstić information content (AvgIpc) is 2.86. The predicted molar refractivity (Wildman–Crippen MR) is 78.2 cm³/mol. The Kier molecular flexibility index (Phi) is 5.40. The Morgan fingerprint density at radius 2 is 2.00 bits per heavy atom. The van der Waals surface area contributed by atoms with Crippen LogP contribution in [0.4, 0.5) is 0 Å². The normalized spacial score (nSPS) is 24.5. The fraction of sp³-hybridized carbons (Fsp3) is 0.867. The monoisotopic (exact) mass is 281 g/mol. The highest BCUT2D eigenvalue weighted by Gasteiger charge is 2.36. The molecule has 0 aliphatic carbocycles. The molecule has 5 nitrogen and oxygen atoms in total. The van der Waals surface area contributed by atoms with Crippen molar-refractivity contribution in [3.8, 4) is 0 Å². The maximum absolute atomic E-state index is 12.5. The Bertz CT molecular complexity index is 351. The van der Waals surface area contributed by atoms with E-state index < -0.39 is 0 Å². The van der Waals surface area contributed by atoms with Crippen molar-refractivity contribution >= 4 is 11.8 Å². The summed E-state index contributed by atoms with van der Waals surface area (Å²) in [6.07, 6.45) is 2.57. The smallest absolute Gasteiger partial charge is 0.227 e. The number of amides is 2. The van der Waals surface area contributed by atoms with Crippen molar-refractivity contribution in [2.45, 2.75) is 33.1 Å². The van der Waals surface area contributed by atoms with Gasteiger partial charge in [0.25, 0.3) is 0 Å². The largest absolute Gasteiger partial charge is 0.342 e. The minimum atomic E-state index is -0.104. The van der Waals surface area contributed by atoms with Gasteiger partial charge in [-0.05, 0) is 38.8 Å². The highest BCUT2D eigenvalue weighted by Crippen LogP contribution is 2.23. The summed E-state index contributed by atoms with van der Waals surface area (Å²) in [6, 6.07) is 0. The molecule has 0 aromatic rings. The van der Waals surface area contributed by atoms with Gasteiger partial charge in [0.1, 0.15) is 0 Å². The first kappa shape index (κ1) is 15.3. The standard InChI is InChI=1S/C15H27N3O2/c1-3-16-10-12-5-7-18(8-6-12)15(20)13-9-14(19)17(4-2)11-13/h12-13,16H,3-11H2,1-2H3. The van der Waals surface area contributed by atoms with Gasteiger partial charge in [-0.15, -0.1) is 0 Å². The molecule has 20 heavy (non-hydrogen) atoms. The molecule has 2 aliphatic heterocycles. The molecule has 114 valence electrons. The molecule has 1 N–H and O–H groups in total. The molecule has 0 radical (unpaired) electrons. The van der Waals surface area contributed by atoms with Crippen molar-refractivity contribution in [2.75, 3.05) is 39.3 Å². The van der Waals surface area contributed by atoms with Gasteiger partial charge in [0, 0.05) is 32.6 Å². The first-order chi connectivity index (χ1) is 9.65. The molecule has 0 bridgehead atoms. The molecule has 2 fully saturated rings. The van der Waals surface area contributed by atoms with E-state index >= 15 is 0 Å². The van der Waals surface area contributed by atoms with Gasteiger partial charge >= 0.3 is 0 Å². The van der Waals surface area contributed by atoms with Gasteiger partial charge < -0.3 is 15.1 Å². The van der Waals surface area contributed by atoms with Crippen molar-refractivity contribution in [1.82, 2.24) is 15.1 Å². The SMILES string of the molecule is CCNCC1CCN(C(=O)C2CC(=O)N(CC)C2)CC1. The quantitative estimate of drug-likeness (QED) is 0.807. The van der Waals surface area contributed by atoms with Crippen LogP contribution in [0.1, 0.15) is 33.1 Å². The third kappa shape index (κ3) is 3.51. The van der Waals surface area contributed by atoms with Crippen molar-refractivity contribution in [2.24, 2.45) is 11.8 Å². The van der Waals surface area contributed by atoms with Crippen LogP contribution in [-0.2, 0) is 9.59 Å². The van der Waals surface area contributed by atoms with E-state index in [0.717, 1.165) is 39.0 Å². The maximum atomic E-state index is 12.5. The average molecular weight is 281 g/mol. The van der Waals surface area contributed by atoms with Crippen LogP contribution < -0.4 is 5.32 Å². The molecule has 0 aromatic carbocycles. The second-order valence-corrected chi connectivity index (χ2v) is 5.91. The first-order valence-corrected chi connectivity index (χ1v) is 7.93. The molecule has 5 heteroatoms. The van der Waals surface area contributed by atoms with Crippen LogP contribution in [0.5, 0.6) is 0 Å². The lowest BCUT2D eigenvalue weighted by atomic mass is 9.95. The van der Waals surface area contributed by atoms with Gasteiger partial charge in [-0.3, -0.25) is 9.59 Å². The van der Waals surface area contributed by atoms with Gasteiger partial charge in [-0.1, -0.05) is 6.92 Å². The topological polar surface area (TPSA) is 52.7 Å². The van der Waals surface area contributed by atoms with E-state index in [0.29, 0.717) is 25.4 Å². The molecule has 1 unspecified atom stereocenters. The molecule has 0 saturated carbocycles. The second-order valence-electron chi connectivity index (χ2n) is 5.91. The van der Waals surface area contributed by atoms with Gasteiger partial charge in [0.2, 0.25) is 11.8 Å². The van der Waals surface area contributed by atoms with Crippen molar-refractivity contribution < 1.29 is 9.59 Å². The van der Waals surface area contributed by atoms with E-state index in [1.54, 1.807) is 4.90 Å². The molecular weight excluding hydrogens is 254 g/mol. The Labute approximate surface area is 121 Å². The number of rotatable bonds is 5. The zero-order valence-electron chi connectivity index (χ0n) is 12.7. The summed E-state index contributed by atoms with van der Waals surface area (Å²) in [6.45, 7) is 9.20. The lowest BCUT2D eigenvalue weighted by molar-refractivity contribution is -0.137. The highest BCUT2D eigenvalue weighted by atomic mass is 16.2. The number of carbonyl (C=O) groups is 2. The molecule has 0 spiro atoms. The van der Waals surface area contributed by atoms with Crippen LogP contribution in [0.3, 0.4) is 0 Å². The summed E-state index contributed by atoms with van der Waals surface area (Å²) >= 11 is 0. The van der Waals surface area contributed by atoms with Crippen molar-refractivity contribution in [3.05, 3.63) is 0 Å². The molecule has 0 aromatic heterocycles. The number of nitrogens with zero attached hydrogens (tertiary/aromatic N) is 2. The van der Waals surface area contributed by atoms with Crippen LogP contribution in [-0.4, -0.2) is 60.9 Å². The third-order valence-corrected chi connectivity index (χ3v) is 4.55. The van der Waals surface area contributed by atoms with Crippen LogP contribution in [0.15, 0.2) is 0 Å². The zero-order chi connectivity index (χ0) is 14.5. The number of likely N-dealkylation sites (tertiary alicyclic amines) is 2. The molecule has 2 rings (SSSR count). The first-order valence-electron chi connectivity index (χ1n) is 7.93. The van der Waals surface area contributed by atoms with E-state index in [1.807, 2.05) is 11.8 Å². The number of piperidine rings is 1. The fourth-order valence-electron chi connectivity index (χ4n) is 3.21. The minimum Gasteiger partial charge on any atom is -0.342 e. The molecule has 2 amide bonds. The zero-order valence-corrected chi connectivity index (χ0v) is 12.7. The van der Waals surface area contributed by atoms with Crippen LogP contribution in [0.25, 0.3) is 0 Å². The van der Waals surface area contributed by atoms with E-state index in [2.05, 4.69) is 12.2 Å². The molecule has 2 heterocycles. The van der Waals surface area contributed by atoms with Gasteiger partial charge in [0.05, 0.1) is 5.92 Å². The third-order valence-electron chi connectivity index (χ3n) is 4.55. The Hall–Kier alpha value is -1.10. The Morgan fingerprint density at radius 1 is 1.30 bits per heavy atom. The van der Waals surface area contributed by atoms with Crippen molar-refractivity contribution in [1.29, 1.82) is 0 Å². The molecule has 2 aliphatic rings. The van der Waals surface area contributed by atoms with E-state index in [9.17, 15) is 9.59 Å². The summed E-state index contributed by atoms with van der Waals surface area (Å²) < 4.78 is 0. The van der Waals surface area contributed by atoms with Crippen molar-refractivity contribution in [3.63, 3.8) is 0 Å². The number of hydrogen-bond donors (Lipinski definition) is 1. The highest BCUT2D eigenvalue weighted by molar-refractivity contribution is 5.89. The molecule has 1 atom stereocenters. The number of nitrogens with one attached hydrogen (secondary N) is 1. The number of hydrogen-bond acceptors (Lipinski definition) is 3. The lowest BCUT2D eigenvalue weighted by Crippen LogP contribution is -2.44. The summed E-state index contributed by atoms with van der Waals surface area (Å²) in [7, 11) is 0. The molecule has 2 saturated heterocycles. The van der Waals surface area contributed by atoms with Crippen LogP contribution in [0.2, 0.25) is 0 Å². The van der Waals surface area contributed by atoms with E-state index in [-0.39, 0.29) is 17.7 Å². The minimum absolute atomic E-state index is 0.104. The Morgan fingerprint density at radius 3 is 2.55 bits per heavy atom. The maximum Gasteiger partial charge on any atom is 0.227 e. The Balaban J connectivity index is 1.79. The summed E-state index contributed by atoms with van der Waals surface area (Å²) in [5.74, 6) is 0.910. The lowest BCUT2D eigenvalue weighted by Gasteiger charge is -2.33. The number of carbonyl (C=O) groups excluding carboxylic acids is 2. The van der Waals surface area contributed by atoms with Gasteiger partial charge in [-0.25, -0.2) is 0 Å². The van der Waals surface area contributed by atoms with E-state index in [1.165, 1.54) is 0 Å². The fourth-order valence-corrected chi connectivity index (χ4v) is 3.21. The van der Waals surface area contributed by atoms with Gasteiger partial charge in [0.15, 0.2) is 0 Å². The van der Waals surface area contributed by atoms with Crippen LogP contribution in [0, 0.1) is 11.8 Å². The second kappa shape index (κ2) is 7.07. The summed E-state index contributed by atoms with van der Waals surface area (Å²) in [5, 5.41) is 3.38. The van der Waals surface area contributed by atoms with Crippen LogP contribution >= 0.6 is 0 Å². The molecular formula is C15H27N3O2. The summed E-state index contributed by atoms with van der Waals surface area (Å²) in [5.41, 5.74) is 0. The van der Waals surface area contributed by atoms with Gasteiger partial charge in [-0.2, -0.15) is 0 Å². The van der Waals surface area contributed by atoms with E-state index in [4.69, 9.17) is 0 Å². The predicted octanol–water partition coefficient (Wildman–Crippen LogP) is 0.703. The summed E-state index contributed by atoms with van der Waals surface area (Å²) in [4.78, 5) is 27.9.